The molecule has 3 aliphatic heterocycles. The van der Waals surface area contributed by atoms with Crippen molar-refractivity contribution in [1.82, 2.24) is 0 Å². The van der Waals surface area contributed by atoms with Crippen LogP contribution in [0.25, 0.3) is 0 Å². The van der Waals surface area contributed by atoms with Gasteiger partial charge in [-0.15, -0.1) is 11.6 Å². The van der Waals surface area contributed by atoms with E-state index in [1.165, 1.54) is 18.1 Å². The van der Waals surface area contributed by atoms with Gasteiger partial charge in [0, 0.05) is 6.42 Å². The molecule has 3 aliphatic rings. The van der Waals surface area contributed by atoms with Crippen molar-refractivity contribution in [3.8, 4) is 0 Å². The summed E-state index contributed by atoms with van der Waals surface area (Å²) in [4.78, 5) is 0. The van der Waals surface area contributed by atoms with Crippen LogP contribution >= 0.6 is 11.6 Å². The highest BCUT2D eigenvalue weighted by Crippen LogP contribution is 2.39. The molecule has 2 fully saturated rings. The quantitative estimate of drug-likeness (QED) is 0.240. The largest absolute Gasteiger partial charge is 0.411 e. The van der Waals surface area contributed by atoms with Crippen LogP contribution < -0.4 is 0 Å². The van der Waals surface area contributed by atoms with E-state index < -0.39 is 8.32 Å². The zero-order chi connectivity index (χ0) is 19.4. The third-order valence-electron chi connectivity index (χ3n) is 6.77. The fraction of sp³-hybridized carbons (Fsp3) is 0.905. The van der Waals surface area contributed by atoms with Crippen molar-refractivity contribution in [3.05, 3.63) is 12.2 Å². The number of ether oxygens (including phenoxy) is 3. The maximum absolute atomic E-state index is 6.87. The minimum absolute atomic E-state index is 0.115. The van der Waals surface area contributed by atoms with Crippen LogP contribution in [0.2, 0.25) is 18.1 Å². The molecule has 4 nitrogen and oxygen atoms in total. The monoisotopic (exact) mass is 416 g/mol. The summed E-state index contributed by atoms with van der Waals surface area (Å²) in [6.07, 6.45) is 9.20. The van der Waals surface area contributed by atoms with Crippen molar-refractivity contribution in [3.63, 3.8) is 0 Å². The van der Waals surface area contributed by atoms with E-state index in [9.17, 15) is 0 Å². The van der Waals surface area contributed by atoms with E-state index in [-0.39, 0.29) is 42.7 Å². The van der Waals surface area contributed by atoms with Gasteiger partial charge in [0.2, 0.25) is 0 Å². The van der Waals surface area contributed by atoms with Gasteiger partial charge in [0.15, 0.2) is 8.32 Å². The molecule has 156 valence electrons. The van der Waals surface area contributed by atoms with E-state index in [4.69, 9.17) is 30.2 Å². The average molecular weight is 417 g/mol. The molecule has 6 heteroatoms. The normalized spacial score (nSPS) is 40.7. The van der Waals surface area contributed by atoms with Gasteiger partial charge in [-0.25, -0.2) is 0 Å². The van der Waals surface area contributed by atoms with Crippen LogP contribution in [0.4, 0.5) is 0 Å². The van der Waals surface area contributed by atoms with Crippen molar-refractivity contribution in [2.45, 2.75) is 114 Å². The van der Waals surface area contributed by atoms with Gasteiger partial charge in [-0.2, -0.15) is 0 Å². The average Bonchev–Trinajstić information content (AvgIpc) is 3.37. The third kappa shape index (κ3) is 4.99. The van der Waals surface area contributed by atoms with Gasteiger partial charge in [-0.3, -0.25) is 0 Å². The molecule has 0 N–H and O–H groups in total. The lowest BCUT2D eigenvalue weighted by molar-refractivity contribution is -0.0934. The molecule has 3 heterocycles. The summed E-state index contributed by atoms with van der Waals surface area (Å²) in [6.45, 7) is 9.09. The first-order valence-electron chi connectivity index (χ1n) is 10.9. The van der Waals surface area contributed by atoms with Crippen LogP contribution in [0, 0.1) is 0 Å². The molecule has 0 aromatic heterocycles. The number of alkyl halides is 1. The molecule has 0 spiro atoms. The molecule has 0 bridgehead atoms. The van der Waals surface area contributed by atoms with Crippen LogP contribution in [-0.4, -0.2) is 56.9 Å². The smallest absolute Gasteiger partial charge is 0.192 e. The molecule has 0 aliphatic carbocycles. The SMILES string of the molecule is CC[C@H]1O[C@H]2C[C@H]([C@H]3O[C@H]3CCl)O[C@H]2C/C=C\C[C@H]1O[Si](CC)(CC)CC. The predicted octanol–water partition coefficient (Wildman–Crippen LogP) is 5.05. The summed E-state index contributed by atoms with van der Waals surface area (Å²) in [5.74, 6) is 0.548. The first kappa shape index (κ1) is 21.8. The Balaban J connectivity index is 1.69. The van der Waals surface area contributed by atoms with E-state index in [0.29, 0.717) is 5.88 Å². The highest BCUT2D eigenvalue weighted by atomic mass is 35.5. The number of rotatable bonds is 8. The van der Waals surface area contributed by atoms with Gasteiger partial charge in [0.05, 0.1) is 36.4 Å². The summed E-state index contributed by atoms with van der Waals surface area (Å²) < 4.78 is 25.5. The molecule has 0 amide bonds. The fourth-order valence-electron chi connectivity index (χ4n) is 4.65. The minimum atomic E-state index is -1.67. The summed E-state index contributed by atoms with van der Waals surface area (Å²) in [5.41, 5.74) is 0. The van der Waals surface area contributed by atoms with Crippen molar-refractivity contribution in [1.29, 1.82) is 0 Å². The first-order valence-corrected chi connectivity index (χ1v) is 14.0. The Hall–Kier alpha value is 0.0869. The zero-order valence-corrected chi connectivity index (χ0v) is 19.1. The van der Waals surface area contributed by atoms with Crippen LogP contribution in [-0.2, 0) is 18.6 Å². The fourth-order valence-corrected chi connectivity index (χ4v) is 7.79. The topological polar surface area (TPSA) is 40.2 Å². The van der Waals surface area contributed by atoms with Gasteiger partial charge in [0.1, 0.15) is 12.2 Å². The highest BCUT2D eigenvalue weighted by Gasteiger charge is 2.51. The van der Waals surface area contributed by atoms with Crippen LogP contribution in [0.3, 0.4) is 0 Å². The van der Waals surface area contributed by atoms with E-state index in [2.05, 4.69) is 39.8 Å². The maximum Gasteiger partial charge on any atom is 0.192 e. The Labute approximate surface area is 171 Å². The first-order chi connectivity index (χ1) is 13.1. The summed E-state index contributed by atoms with van der Waals surface area (Å²) in [7, 11) is -1.67. The minimum Gasteiger partial charge on any atom is -0.411 e. The molecule has 7 atom stereocenters. The molecule has 3 rings (SSSR count). The molecule has 0 aromatic carbocycles. The van der Waals surface area contributed by atoms with Crippen molar-refractivity contribution < 1.29 is 18.6 Å². The molecular formula is C21H37ClO4Si. The Bertz CT molecular complexity index is 490. The van der Waals surface area contributed by atoms with Gasteiger partial charge in [-0.05, 0) is 37.4 Å². The van der Waals surface area contributed by atoms with Crippen LogP contribution in [0.15, 0.2) is 12.2 Å². The number of fused-ring (bicyclic) bond motifs is 1. The summed E-state index contributed by atoms with van der Waals surface area (Å²) in [5, 5.41) is 0. The number of hydrogen-bond acceptors (Lipinski definition) is 4. The summed E-state index contributed by atoms with van der Waals surface area (Å²) >= 11 is 5.93. The predicted molar refractivity (Wildman–Crippen MR) is 112 cm³/mol. The lowest BCUT2D eigenvalue weighted by atomic mass is 10.1. The second-order valence-electron chi connectivity index (χ2n) is 8.21. The Kier molecular flexibility index (Phi) is 7.85. The van der Waals surface area contributed by atoms with Gasteiger partial charge in [0.25, 0.3) is 0 Å². The van der Waals surface area contributed by atoms with Crippen LogP contribution in [0.1, 0.15) is 53.4 Å². The van der Waals surface area contributed by atoms with Gasteiger partial charge >= 0.3 is 0 Å². The number of epoxide rings is 1. The van der Waals surface area contributed by atoms with Crippen molar-refractivity contribution in [2.75, 3.05) is 5.88 Å². The zero-order valence-electron chi connectivity index (χ0n) is 17.4. The van der Waals surface area contributed by atoms with E-state index in [1.54, 1.807) is 0 Å². The number of hydrogen-bond donors (Lipinski definition) is 0. The molecule has 2 saturated heterocycles. The van der Waals surface area contributed by atoms with Crippen molar-refractivity contribution >= 4 is 19.9 Å². The second kappa shape index (κ2) is 9.73. The Morgan fingerprint density at radius 1 is 0.889 bits per heavy atom. The Morgan fingerprint density at radius 2 is 1.59 bits per heavy atom. The molecule has 0 radical (unpaired) electrons. The standard InChI is InChI=1S/C21H37ClO4Si/c1-5-15-17(26-27(6-2,7-3)8-4)12-10-9-11-16-18(23-15)13-19(24-16)21-20(14-22)25-21/h9-10,15-21H,5-8,11-14H2,1-4H3/b10-9-/t15-,16+,17-,18+,19-,20+,21-/m1/s1. The van der Waals surface area contributed by atoms with E-state index in [1.807, 2.05) is 0 Å². The second-order valence-corrected chi connectivity index (χ2v) is 13.2. The van der Waals surface area contributed by atoms with Crippen LogP contribution in [0.5, 0.6) is 0 Å². The maximum atomic E-state index is 6.87. The molecule has 0 aromatic rings. The third-order valence-corrected chi connectivity index (χ3v) is 11.7. The summed E-state index contributed by atoms with van der Waals surface area (Å²) in [6, 6.07) is 3.52. The van der Waals surface area contributed by atoms with E-state index in [0.717, 1.165) is 25.7 Å². The van der Waals surface area contributed by atoms with Gasteiger partial charge in [-0.1, -0.05) is 39.8 Å². The van der Waals surface area contributed by atoms with Gasteiger partial charge < -0.3 is 18.6 Å². The van der Waals surface area contributed by atoms with E-state index >= 15 is 0 Å². The molecule has 0 unspecified atom stereocenters. The highest BCUT2D eigenvalue weighted by molar-refractivity contribution is 6.73. The molecule has 0 saturated carbocycles. The molecule has 27 heavy (non-hydrogen) atoms. The lowest BCUT2D eigenvalue weighted by Gasteiger charge is -2.37. The number of halogens is 1. The molecular weight excluding hydrogens is 380 g/mol. The Morgan fingerprint density at radius 3 is 2.19 bits per heavy atom. The van der Waals surface area contributed by atoms with Crippen molar-refractivity contribution in [2.24, 2.45) is 0 Å². The lowest BCUT2D eigenvalue weighted by Crippen LogP contribution is -2.46.